The number of aromatic carboxylic acids is 1. The Balaban J connectivity index is 2.92. The predicted octanol–water partition coefficient (Wildman–Crippen LogP) is 6.13. The molecule has 5 heteroatoms. The van der Waals surface area contributed by atoms with Gasteiger partial charge in [-0.2, -0.15) is 0 Å². The van der Waals surface area contributed by atoms with Crippen molar-refractivity contribution in [3.63, 3.8) is 0 Å². The minimum Gasteiger partial charge on any atom is -0.478 e. The number of nitrogens with zero attached hydrogens (tertiary/aromatic N) is 1. The zero-order valence-corrected chi connectivity index (χ0v) is 17.3. The third kappa shape index (κ3) is 2.78. The van der Waals surface area contributed by atoms with E-state index in [0.717, 1.165) is 15.4 Å². The first-order chi connectivity index (χ1) is 10.6. The van der Waals surface area contributed by atoms with Crippen LogP contribution in [0.5, 0.6) is 0 Å². The van der Waals surface area contributed by atoms with Crippen LogP contribution in [0.2, 0.25) is 16.6 Å². The van der Waals surface area contributed by atoms with E-state index >= 15 is 0 Å². The van der Waals surface area contributed by atoms with Crippen LogP contribution in [0.4, 0.5) is 0 Å². The van der Waals surface area contributed by atoms with Gasteiger partial charge in [0.25, 0.3) is 0 Å². The van der Waals surface area contributed by atoms with Crippen molar-refractivity contribution in [3.8, 4) is 0 Å². The summed E-state index contributed by atoms with van der Waals surface area (Å²) in [6.45, 7) is 13.7. The molecule has 0 fully saturated rings. The van der Waals surface area contributed by atoms with Crippen molar-refractivity contribution in [1.82, 2.24) is 4.23 Å². The van der Waals surface area contributed by atoms with Gasteiger partial charge in [-0.3, -0.25) is 0 Å². The van der Waals surface area contributed by atoms with Crippen LogP contribution < -0.4 is 0 Å². The number of carboxylic acids is 1. The molecule has 3 nitrogen and oxygen atoms in total. The van der Waals surface area contributed by atoms with E-state index in [4.69, 9.17) is 0 Å². The van der Waals surface area contributed by atoms with E-state index in [0.29, 0.717) is 22.2 Å². The fourth-order valence-corrected chi connectivity index (χ4v) is 11.5. The molecule has 0 spiro atoms. The van der Waals surface area contributed by atoms with Crippen LogP contribution in [0.25, 0.3) is 10.9 Å². The predicted molar refractivity (Wildman–Crippen MR) is 103 cm³/mol. The van der Waals surface area contributed by atoms with Gasteiger partial charge in [0.2, 0.25) is 0 Å². The number of hydrogen-bond acceptors (Lipinski definition) is 1. The van der Waals surface area contributed by atoms with Gasteiger partial charge in [0.05, 0.1) is 5.56 Å². The topological polar surface area (TPSA) is 42.2 Å². The Hall–Kier alpha value is -1.07. The van der Waals surface area contributed by atoms with Gasteiger partial charge in [-0.05, 0) is 34.8 Å². The number of benzene rings is 1. The van der Waals surface area contributed by atoms with E-state index < -0.39 is 14.2 Å². The number of rotatable bonds is 5. The lowest BCUT2D eigenvalue weighted by Crippen LogP contribution is -2.51. The lowest BCUT2D eigenvalue weighted by Gasteiger charge is -2.44. The molecule has 23 heavy (non-hydrogen) atoms. The van der Waals surface area contributed by atoms with E-state index in [1.807, 2.05) is 18.3 Å². The molecule has 2 rings (SSSR count). The van der Waals surface area contributed by atoms with Crippen molar-refractivity contribution in [2.75, 3.05) is 0 Å². The van der Waals surface area contributed by atoms with E-state index in [-0.39, 0.29) is 0 Å². The zero-order valence-electron chi connectivity index (χ0n) is 14.7. The quantitative estimate of drug-likeness (QED) is 0.618. The molecule has 0 saturated carbocycles. The number of aromatic nitrogens is 1. The molecule has 2 aromatic rings. The highest BCUT2D eigenvalue weighted by molar-refractivity contribution is 9.10. The highest BCUT2D eigenvalue weighted by Crippen LogP contribution is 2.45. The van der Waals surface area contributed by atoms with Crippen LogP contribution in [0.15, 0.2) is 28.9 Å². The second kappa shape index (κ2) is 6.44. The normalized spacial score (nSPS) is 12.8. The molecule has 0 saturated heterocycles. The Morgan fingerprint density at radius 1 is 1.09 bits per heavy atom. The summed E-state index contributed by atoms with van der Waals surface area (Å²) in [6, 6.07) is 5.99. The average molecular weight is 396 g/mol. The van der Waals surface area contributed by atoms with Crippen LogP contribution in [-0.2, 0) is 0 Å². The minimum atomic E-state index is -1.97. The van der Waals surface area contributed by atoms with E-state index in [9.17, 15) is 9.90 Å². The SMILES string of the molecule is CC(C)[Si](C(C)C)(C(C)C)n1cc(C(=O)O)c2cc(Br)ccc21. The van der Waals surface area contributed by atoms with Gasteiger partial charge in [-0.25, -0.2) is 4.79 Å². The summed E-state index contributed by atoms with van der Waals surface area (Å²) in [7, 11) is -1.97. The molecular formula is C18H26BrNO2Si. The molecule has 0 radical (unpaired) electrons. The highest BCUT2D eigenvalue weighted by atomic mass is 79.9. The number of carbonyl (C=O) groups is 1. The molecular weight excluding hydrogens is 370 g/mol. The van der Waals surface area contributed by atoms with Gasteiger partial charge >= 0.3 is 5.97 Å². The van der Waals surface area contributed by atoms with Crippen molar-refractivity contribution in [2.45, 2.75) is 58.2 Å². The van der Waals surface area contributed by atoms with Gasteiger partial charge in [0, 0.05) is 21.6 Å². The Morgan fingerprint density at radius 2 is 1.61 bits per heavy atom. The standard InChI is InChI=1S/C18H26BrNO2Si/c1-11(2)23(12(3)4,13(5)6)20-10-16(18(21)22)15-9-14(19)7-8-17(15)20/h7-13H,1-6H3,(H,21,22). The molecule has 1 N–H and O–H groups in total. The molecule has 0 atom stereocenters. The van der Waals surface area contributed by atoms with Gasteiger partial charge in [0.15, 0.2) is 8.24 Å². The van der Waals surface area contributed by atoms with Crippen molar-refractivity contribution >= 4 is 41.0 Å². The Bertz CT molecular complexity index is 712. The summed E-state index contributed by atoms with van der Waals surface area (Å²) in [5.41, 5.74) is 3.00. The molecule has 126 valence electrons. The third-order valence-electron chi connectivity index (χ3n) is 5.19. The smallest absolute Gasteiger partial charge is 0.337 e. The Kier molecular flexibility index (Phi) is 5.11. The fourth-order valence-electron chi connectivity index (χ4n) is 4.53. The van der Waals surface area contributed by atoms with Gasteiger partial charge in [-0.15, -0.1) is 0 Å². The number of fused-ring (bicyclic) bond motifs is 1. The molecule has 1 aromatic carbocycles. The Morgan fingerprint density at radius 3 is 2.04 bits per heavy atom. The molecule has 0 aliphatic carbocycles. The minimum absolute atomic E-state index is 0.403. The highest BCUT2D eigenvalue weighted by Gasteiger charge is 2.46. The molecule has 0 aliphatic rings. The second-order valence-corrected chi connectivity index (χ2v) is 13.9. The zero-order chi connectivity index (χ0) is 17.5. The first-order valence-electron chi connectivity index (χ1n) is 8.18. The van der Waals surface area contributed by atoms with Crippen molar-refractivity contribution in [2.24, 2.45) is 0 Å². The number of carboxylic acid groups (broad SMARTS) is 1. The molecule has 1 heterocycles. The first kappa shape index (κ1) is 18.3. The van der Waals surface area contributed by atoms with E-state index in [1.54, 1.807) is 0 Å². The molecule has 1 aromatic heterocycles. The van der Waals surface area contributed by atoms with E-state index in [1.165, 1.54) is 0 Å². The van der Waals surface area contributed by atoms with Crippen LogP contribution in [0.3, 0.4) is 0 Å². The van der Waals surface area contributed by atoms with Crippen molar-refractivity contribution in [3.05, 3.63) is 34.4 Å². The fraction of sp³-hybridized carbons (Fsp3) is 0.500. The lowest BCUT2D eigenvalue weighted by atomic mass is 10.2. The second-order valence-electron chi connectivity index (χ2n) is 7.23. The van der Waals surface area contributed by atoms with Crippen molar-refractivity contribution in [1.29, 1.82) is 0 Å². The Labute approximate surface area is 147 Å². The summed E-state index contributed by atoms with van der Waals surface area (Å²) in [6.07, 6.45) is 1.89. The summed E-state index contributed by atoms with van der Waals surface area (Å²) in [5.74, 6) is -0.856. The lowest BCUT2D eigenvalue weighted by molar-refractivity contribution is 0.0699. The van der Waals surface area contributed by atoms with E-state index in [2.05, 4.69) is 67.8 Å². The van der Waals surface area contributed by atoms with Gasteiger partial charge in [-0.1, -0.05) is 57.5 Å². The maximum atomic E-state index is 11.8. The first-order valence-corrected chi connectivity index (χ1v) is 11.2. The van der Waals surface area contributed by atoms with Crippen molar-refractivity contribution < 1.29 is 9.90 Å². The maximum Gasteiger partial charge on any atom is 0.337 e. The monoisotopic (exact) mass is 395 g/mol. The molecule has 0 amide bonds. The summed E-state index contributed by atoms with van der Waals surface area (Å²) in [4.78, 5) is 11.8. The van der Waals surface area contributed by atoms with Crippen LogP contribution in [-0.4, -0.2) is 23.5 Å². The van der Waals surface area contributed by atoms with Gasteiger partial charge in [0.1, 0.15) is 0 Å². The van der Waals surface area contributed by atoms with Crippen LogP contribution in [0.1, 0.15) is 51.9 Å². The average Bonchev–Trinajstić information content (AvgIpc) is 2.77. The third-order valence-corrected chi connectivity index (χ3v) is 12.4. The molecule has 0 unspecified atom stereocenters. The largest absolute Gasteiger partial charge is 0.478 e. The summed E-state index contributed by atoms with van der Waals surface area (Å²) < 4.78 is 3.27. The van der Waals surface area contributed by atoms with Gasteiger partial charge < -0.3 is 9.34 Å². The van der Waals surface area contributed by atoms with Crippen LogP contribution >= 0.6 is 15.9 Å². The molecule has 0 aliphatic heterocycles. The summed E-state index contributed by atoms with van der Waals surface area (Å²) in [5, 5.41) is 10.5. The van der Waals surface area contributed by atoms with Crippen LogP contribution in [0, 0.1) is 0 Å². The maximum absolute atomic E-state index is 11.8. The number of halogens is 1. The molecule has 0 bridgehead atoms. The summed E-state index contributed by atoms with van der Waals surface area (Å²) >= 11 is 3.47. The number of hydrogen-bond donors (Lipinski definition) is 1.